The fourth-order valence-corrected chi connectivity index (χ4v) is 2.56. The van der Waals surface area contributed by atoms with Crippen LogP contribution in [0.15, 0.2) is 18.2 Å². The van der Waals surface area contributed by atoms with Crippen molar-refractivity contribution in [2.24, 2.45) is 0 Å². The second-order valence-electron chi connectivity index (χ2n) is 5.35. The molecule has 1 heterocycles. The lowest BCUT2D eigenvalue weighted by molar-refractivity contribution is 0.235. The van der Waals surface area contributed by atoms with Crippen molar-refractivity contribution in [3.05, 3.63) is 35.1 Å². The van der Waals surface area contributed by atoms with Gasteiger partial charge in [0.1, 0.15) is 5.82 Å². The number of piperidine rings is 1. The quantitative estimate of drug-likeness (QED) is 0.882. The van der Waals surface area contributed by atoms with E-state index in [9.17, 15) is 4.39 Å². The molecule has 0 atom stereocenters. The largest absolute Gasteiger partial charge is 0.314 e. The third kappa shape index (κ3) is 3.79. The average Bonchev–Trinajstić information content (AvgIpc) is 2.34. The van der Waals surface area contributed by atoms with Crippen LogP contribution in [0.1, 0.15) is 24.0 Å². The van der Waals surface area contributed by atoms with Gasteiger partial charge in [-0.3, -0.25) is 0 Å². The van der Waals surface area contributed by atoms with E-state index in [-0.39, 0.29) is 5.82 Å². The molecule has 0 spiro atoms. The second kappa shape index (κ2) is 6.30. The van der Waals surface area contributed by atoms with Crippen molar-refractivity contribution < 1.29 is 4.39 Å². The number of nitrogens with zero attached hydrogens (tertiary/aromatic N) is 1. The molecule has 0 unspecified atom stereocenters. The topological polar surface area (TPSA) is 15.3 Å². The Hall–Kier alpha value is -0.930. The van der Waals surface area contributed by atoms with E-state index in [2.05, 4.69) is 17.3 Å². The van der Waals surface area contributed by atoms with Gasteiger partial charge in [-0.25, -0.2) is 4.39 Å². The van der Waals surface area contributed by atoms with Crippen LogP contribution < -0.4 is 5.32 Å². The maximum atomic E-state index is 13.0. The average molecular weight is 250 g/mol. The number of halogens is 1. The van der Waals surface area contributed by atoms with Crippen molar-refractivity contribution in [3.63, 3.8) is 0 Å². The predicted molar refractivity (Wildman–Crippen MR) is 73.4 cm³/mol. The minimum Gasteiger partial charge on any atom is -0.314 e. The van der Waals surface area contributed by atoms with Crippen LogP contribution in [0, 0.1) is 12.7 Å². The van der Waals surface area contributed by atoms with Gasteiger partial charge in [-0.05, 0) is 76.1 Å². The Morgan fingerprint density at radius 2 is 2.06 bits per heavy atom. The second-order valence-corrected chi connectivity index (χ2v) is 5.35. The maximum absolute atomic E-state index is 13.0. The first-order chi connectivity index (χ1) is 8.65. The standard InChI is InChI=1S/C15H23FN2/c1-12-11-14(16)4-3-13(12)5-8-17-15-6-9-18(2)10-7-15/h3-4,11,15,17H,5-10H2,1-2H3. The lowest BCUT2D eigenvalue weighted by Crippen LogP contribution is -2.41. The van der Waals surface area contributed by atoms with Crippen LogP contribution in [-0.2, 0) is 6.42 Å². The molecular weight excluding hydrogens is 227 g/mol. The Morgan fingerprint density at radius 1 is 1.33 bits per heavy atom. The molecule has 1 saturated heterocycles. The SMILES string of the molecule is Cc1cc(F)ccc1CCNC1CCN(C)CC1. The van der Waals surface area contributed by atoms with Crippen LogP contribution in [0.5, 0.6) is 0 Å². The van der Waals surface area contributed by atoms with E-state index in [0.717, 1.165) is 18.5 Å². The lowest BCUT2D eigenvalue weighted by Gasteiger charge is -2.29. The summed E-state index contributed by atoms with van der Waals surface area (Å²) in [7, 11) is 2.18. The molecule has 18 heavy (non-hydrogen) atoms. The van der Waals surface area contributed by atoms with Crippen molar-refractivity contribution in [3.8, 4) is 0 Å². The van der Waals surface area contributed by atoms with E-state index in [1.807, 2.05) is 13.0 Å². The zero-order chi connectivity index (χ0) is 13.0. The smallest absolute Gasteiger partial charge is 0.123 e. The monoisotopic (exact) mass is 250 g/mol. The van der Waals surface area contributed by atoms with Gasteiger partial charge in [0.2, 0.25) is 0 Å². The minimum absolute atomic E-state index is 0.139. The third-order valence-corrected chi connectivity index (χ3v) is 3.85. The number of hydrogen-bond donors (Lipinski definition) is 1. The lowest BCUT2D eigenvalue weighted by atomic mass is 10.0. The summed E-state index contributed by atoms with van der Waals surface area (Å²) in [5, 5.41) is 3.61. The molecule has 1 aromatic rings. The molecule has 1 N–H and O–H groups in total. The van der Waals surface area contributed by atoms with Crippen molar-refractivity contribution >= 4 is 0 Å². The highest BCUT2D eigenvalue weighted by molar-refractivity contribution is 5.26. The van der Waals surface area contributed by atoms with E-state index >= 15 is 0 Å². The molecule has 1 fully saturated rings. The molecule has 0 amide bonds. The number of benzene rings is 1. The maximum Gasteiger partial charge on any atom is 0.123 e. The summed E-state index contributed by atoms with van der Waals surface area (Å²) >= 11 is 0. The normalized spacial score (nSPS) is 18.2. The molecular formula is C15H23FN2. The van der Waals surface area contributed by atoms with Gasteiger partial charge >= 0.3 is 0 Å². The number of rotatable bonds is 4. The molecule has 1 aromatic carbocycles. The molecule has 1 aliphatic heterocycles. The first kappa shape index (κ1) is 13.5. The molecule has 2 nitrogen and oxygen atoms in total. The number of nitrogens with one attached hydrogen (secondary N) is 1. The number of hydrogen-bond acceptors (Lipinski definition) is 2. The fourth-order valence-electron chi connectivity index (χ4n) is 2.56. The van der Waals surface area contributed by atoms with Crippen LogP contribution in [0.25, 0.3) is 0 Å². The van der Waals surface area contributed by atoms with Gasteiger partial charge in [0.15, 0.2) is 0 Å². The Balaban J connectivity index is 1.75. The molecule has 0 aromatic heterocycles. The van der Waals surface area contributed by atoms with Gasteiger partial charge < -0.3 is 10.2 Å². The number of aryl methyl sites for hydroxylation is 1. The van der Waals surface area contributed by atoms with E-state index in [1.165, 1.54) is 31.5 Å². The fraction of sp³-hybridized carbons (Fsp3) is 0.600. The summed E-state index contributed by atoms with van der Waals surface area (Å²) < 4.78 is 13.0. The van der Waals surface area contributed by atoms with Gasteiger partial charge in [0.25, 0.3) is 0 Å². The van der Waals surface area contributed by atoms with Crippen molar-refractivity contribution in [2.75, 3.05) is 26.7 Å². The Kier molecular flexibility index (Phi) is 4.72. The first-order valence-corrected chi connectivity index (χ1v) is 6.82. The van der Waals surface area contributed by atoms with Crippen LogP contribution in [0.3, 0.4) is 0 Å². The zero-order valence-corrected chi connectivity index (χ0v) is 11.4. The molecule has 1 aliphatic rings. The highest BCUT2D eigenvalue weighted by Crippen LogP contribution is 2.11. The summed E-state index contributed by atoms with van der Waals surface area (Å²) in [5.41, 5.74) is 2.30. The van der Waals surface area contributed by atoms with E-state index in [4.69, 9.17) is 0 Å². The summed E-state index contributed by atoms with van der Waals surface area (Å²) in [6, 6.07) is 5.73. The summed E-state index contributed by atoms with van der Waals surface area (Å²) in [6.45, 7) is 5.34. The molecule has 0 radical (unpaired) electrons. The van der Waals surface area contributed by atoms with E-state index < -0.39 is 0 Å². The van der Waals surface area contributed by atoms with Gasteiger partial charge in [-0.1, -0.05) is 6.07 Å². The molecule has 2 rings (SSSR count). The molecule has 100 valence electrons. The highest BCUT2D eigenvalue weighted by atomic mass is 19.1. The van der Waals surface area contributed by atoms with Crippen molar-refractivity contribution in [1.29, 1.82) is 0 Å². The molecule has 0 aliphatic carbocycles. The van der Waals surface area contributed by atoms with Crippen molar-refractivity contribution in [1.82, 2.24) is 10.2 Å². The molecule has 0 bridgehead atoms. The van der Waals surface area contributed by atoms with Gasteiger partial charge in [-0.2, -0.15) is 0 Å². The molecule has 0 saturated carbocycles. The van der Waals surface area contributed by atoms with Crippen LogP contribution >= 0.6 is 0 Å². The van der Waals surface area contributed by atoms with Crippen LogP contribution in [0.2, 0.25) is 0 Å². The van der Waals surface area contributed by atoms with E-state index in [1.54, 1.807) is 12.1 Å². The first-order valence-electron chi connectivity index (χ1n) is 6.82. The van der Waals surface area contributed by atoms with Crippen LogP contribution in [-0.4, -0.2) is 37.6 Å². The summed E-state index contributed by atoms with van der Waals surface area (Å²) in [4.78, 5) is 2.38. The van der Waals surface area contributed by atoms with Crippen molar-refractivity contribution in [2.45, 2.75) is 32.2 Å². The predicted octanol–water partition coefficient (Wildman–Crippen LogP) is 2.36. The van der Waals surface area contributed by atoms with Gasteiger partial charge in [-0.15, -0.1) is 0 Å². The third-order valence-electron chi connectivity index (χ3n) is 3.85. The Morgan fingerprint density at radius 3 is 2.72 bits per heavy atom. The van der Waals surface area contributed by atoms with Crippen LogP contribution in [0.4, 0.5) is 4.39 Å². The summed E-state index contributed by atoms with van der Waals surface area (Å²) in [5.74, 6) is -0.139. The van der Waals surface area contributed by atoms with Gasteiger partial charge in [0, 0.05) is 6.04 Å². The Labute approximate surface area is 109 Å². The minimum atomic E-state index is -0.139. The Bertz CT molecular complexity index is 384. The number of likely N-dealkylation sites (tertiary alicyclic amines) is 1. The molecule has 3 heteroatoms. The van der Waals surface area contributed by atoms with E-state index in [0.29, 0.717) is 6.04 Å². The zero-order valence-electron chi connectivity index (χ0n) is 11.4. The summed E-state index contributed by atoms with van der Waals surface area (Å²) in [6.07, 6.45) is 3.45. The highest BCUT2D eigenvalue weighted by Gasteiger charge is 2.15. The van der Waals surface area contributed by atoms with Gasteiger partial charge in [0.05, 0.1) is 0 Å².